The maximum Gasteiger partial charge on any atom is 0.329 e. The van der Waals surface area contributed by atoms with Crippen LogP contribution < -0.4 is 11.2 Å². The van der Waals surface area contributed by atoms with Crippen LogP contribution >= 0.6 is 0 Å². The Morgan fingerprint density at radius 2 is 2.00 bits per heavy atom. The fourth-order valence-electron chi connectivity index (χ4n) is 3.05. The molecule has 3 aromatic rings. The van der Waals surface area contributed by atoms with Crippen molar-refractivity contribution in [2.45, 2.75) is 39.7 Å². The smallest absolute Gasteiger partial charge is 0.329 e. The molecule has 3 heterocycles. The molecule has 0 fully saturated rings. The lowest BCUT2D eigenvalue weighted by molar-refractivity contribution is 0.286. The summed E-state index contributed by atoms with van der Waals surface area (Å²) >= 11 is 0. The highest BCUT2D eigenvalue weighted by Crippen LogP contribution is 2.08. The number of hydrogen-bond donors (Lipinski definition) is 1. The molecule has 3 aromatic heterocycles. The Morgan fingerprint density at radius 1 is 1.22 bits per heavy atom. The zero-order chi connectivity index (χ0) is 19.4. The van der Waals surface area contributed by atoms with E-state index in [-0.39, 0.29) is 0 Å². The highest BCUT2D eigenvalue weighted by Gasteiger charge is 2.12. The van der Waals surface area contributed by atoms with Crippen LogP contribution in [0, 0.1) is 0 Å². The van der Waals surface area contributed by atoms with Gasteiger partial charge in [-0.1, -0.05) is 19.0 Å². The molecule has 0 aliphatic heterocycles. The number of fused-ring (bicyclic) bond motifs is 1. The minimum absolute atomic E-state index is 0.377. The number of aromatic nitrogens is 6. The van der Waals surface area contributed by atoms with Gasteiger partial charge >= 0.3 is 5.69 Å². The average molecular weight is 375 g/mol. The van der Waals surface area contributed by atoms with Crippen LogP contribution in [0.1, 0.15) is 32.0 Å². The summed E-state index contributed by atoms with van der Waals surface area (Å²) in [6.45, 7) is 7.73. The summed E-state index contributed by atoms with van der Waals surface area (Å²) in [5.41, 5.74) is -0.127. The predicted octanol–water partition coefficient (Wildman–Crippen LogP) is 0.323. The van der Waals surface area contributed by atoms with Crippen LogP contribution in [0.3, 0.4) is 0 Å². The van der Waals surface area contributed by atoms with Gasteiger partial charge in [-0.05, 0) is 19.5 Å². The first-order chi connectivity index (χ1) is 13.0. The van der Waals surface area contributed by atoms with E-state index in [4.69, 9.17) is 4.52 Å². The van der Waals surface area contributed by atoms with Crippen molar-refractivity contribution in [2.75, 3.05) is 19.6 Å². The molecular formula is C17H25N7O3. The number of hydrogen-bond acceptors (Lipinski definition) is 7. The summed E-state index contributed by atoms with van der Waals surface area (Å²) in [5, 5.41) is 4.03. The number of imidazole rings is 1. The highest BCUT2D eigenvalue weighted by molar-refractivity contribution is 5.69. The standard InChI is InChI=1S/C17H25N7O3/c1-4-23(5-2)10-8-13-19-12(21-27-13)7-6-9-24-11-18-15-14(24)16(25)20-17(26)22(15)3/h11H,4-10H2,1-3H3,(H,20,25,26). The van der Waals surface area contributed by atoms with Crippen molar-refractivity contribution >= 4 is 11.2 Å². The highest BCUT2D eigenvalue weighted by atomic mass is 16.5. The molecule has 0 saturated heterocycles. The van der Waals surface area contributed by atoms with Crippen LogP contribution in [-0.2, 0) is 26.4 Å². The molecule has 0 amide bonds. The lowest BCUT2D eigenvalue weighted by atomic mass is 10.3. The molecule has 0 saturated carbocycles. The second-order valence-electron chi connectivity index (χ2n) is 6.41. The van der Waals surface area contributed by atoms with Crippen molar-refractivity contribution in [3.8, 4) is 0 Å². The summed E-state index contributed by atoms with van der Waals surface area (Å²) in [6.07, 6.45) is 3.68. The Balaban J connectivity index is 1.59. The van der Waals surface area contributed by atoms with Crippen LogP contribution in [0.4, 0.5) is 0 Å². The third kappa shape index (κ3) is 4.16. The quantitative estimate of drug-likeness (QED) is 0.573. The van der Waals surface area contributed by atoms with Gasteiger partial charge in [0, 0.05) is 33.0 Å². The minimum atomic E-state index is -0.471. The molecule has 3 rings (SSSR count). The van der Waals surface area contributed by atoms with Gasteiger partial charge in [0.1, 0.15) is 0 Å². The van der Waals surface area contributed by atoms with Crippen molar-refractivity contribution in [3.05, 3.63) is 38.9 Å². The van der Waals surface area contributed by atoms with Crippen LogP contribution in [-0.4, -0.2) is 53.8 Å². The number of aryl methyl sites for hydroxylation is 3. The molecule has 0 spiro atoms. The molecule has 27 heavy (non-hydrogen) atoms. The summed E-state index contributed by atoms with van der Waals surface area (Å²) in [6, 6.07) is 0. The van der Waals surface area contributed by atoms with Gasteiger partial charge in [-0.15, -0.1) is 0 Å². The zero-order valence-corrected chi connectivity index (χ0v) is 15.9. The van der Waals surface area contributed by atoms with E-state index in [0.29, 0.717) is 35.8 Å². The average Bonchev–Trinajstić information content (AvgIpc) is 3.28. The lowest BCUT2D eigenvalue weighted by Gasteiger charge is -2.15. The monoisotopic (exact) mass is 375 g/mol. The minimum Gasteiger partial charge on any atom is -0.339 e. The van der Waals surface area contributed by atoms with E-state index in [1.54, 1.807) is 17.9 Å². The molecule has 0 aromatic carbocycles. The summed E-state index contributed by atoms with van der Waals surface area (Å²) in [7, 11) is 1.58. The Labute approximate surface area is 155 Å². The predicted molar refractivity (Wildman–Crippen MR) is 99.7 cm³/mol. The summed E-state index contributed by atoms with van der Waals surface area (Å²) in [4.78, 5) is 36.9. The van der Waals surface area contributed by atoms with Gasteiger partial charge in [0.25, 0.3) is 5.56 Å². The Bertz CT molecular complexity index is 1010. The first-order valence-electron chi connectivity index (χ1n) is 9.21. The van der Waals surface area contributed by atoms with Gasteiger partial charge in [0.05, 0.1) is 6.33 Å². The number of aromatic amines is 1. The van der Waals surface area contributed by atoms with Crippen LogP contribution in [0.5, 0.6) is 0 Å². The van der Waals surface area contributed by atoms with Gasteiger partial charge in [0.2, 0.25) is 5.89 Å². The van der Waals surface area contributed by atoms with Gasteiger partial charge < -0.3 is 14.0 Å². The SMILES string of the molecule is CCN(CC)CCc1nc(CCCn2cnc3c2c(=O)[nH]c(=O)n3C)no1. The first-order valence-corrected chi connectivity index (χ1v) is 9.21. The first kappa shape index (κ1) is 19.0. The Hall–Kier alpha value is -2.75. The van der Waals surface area contributed by atoms with E-state index >= 15 is 0 Å². The fraction of sp³-hybridized carbons (Fsp3) is 0.588. The molecule has 0 radical (unpaired) electrons. The molecule has 1 N–H and O–H groups in total. The fourth-order valence-corrected chi connectivity index (χ4v) is 3.05. The van der Waals surface area contributed by atoms with E-state index in [2.05, 4.69) is 38.9 Å². The molecule has 0 atom stereocenters. The van der Waals surface area contributed by atoms with Crippen molar-refractivity contribution in [3.63, 3.8) is 0 Å². The summed E-state index contributed by atoms with van der Waals surface area (Å²) < 4.78 is 8.38. The molecule has 0 unspecified atom stereocenters. The molecular weight excluding hydrogens is 350 g/mol. The summed E-state index contributed by atoms with van der Waals surface area (Å²) in [5.74, 6) is 1.31. The van der Waals surface area contributed by atoms with E-state index in [9.17, 15) is 9.59 Å². The van der Waals surface area contributed by atoms with Crippen molar-refractivity contribution < 1.29 is 4.52 Å². The van der Waals surface area contributed by atoms with E-state index in [0.717, 1.165) is 32.5 Å². The molecule has 10 heteroatoms. The van der Waals surface area contributed by atoms with Crippen LogP contribution in [0.25, 0.3) is 11.2 Å². The van der Waals surface area contributed by atoms with E-state index < -0.39 is 11.2 Å². The number of rotatable bonds is 9. The van der Waals surface area contributed by atoms with Gasteiger partial charge in [-0.3, -0.25) is 14.3 Å². The van der Waals surface area contributed by atoms with E-state index in [1.165, 1.54) is 4.57 Å². The molecule has 10 nitrogen and oxygen atoms in total. The van der Waals surface area contributed by atoms with Crippen LogP contribution in [0.15, 0.2) is 20.4 Å². The van der Waals surface area contributed by atoms with Crippen molar-refractivity contribution in [1.29, 1.82) is 0 Å². The number of H-pyrrole nitrogens is 1. The van der Waals surface area contributed by atoms with Gasteiger partial charge in [-0.2, -0.15) is 4.98 Å². The normalized spacial score (nSPS) is 11.7. The van der Waals surface area contributed by atoms with Gasteiger partial charge in [-0.25, -0.2) is 9.78 Å². The number of nitrogens with zero attached hydrogens (tertiary/aromatic N) is 6. The largest absolute Gasteiger partial charge is 0.339 e. The molecule has 146 valence electrons. The Morgan fingerprint density at radius 3 is 2.74 bits per heavy atom. The topological polar surface area (TPSA) is 115 Å². The Kier molecular flexibility index (Phi) is 5.84. The zero-order valence-electron chi connectivity index (χ0n) is 15.9. The molecule has 0 bridgehead atoms. The second kappa shape index (κ2) is 8.30. The maximum atomic E-state index is 12.1. The third-order valence-electron chi connectivity index (χ3n) is 4.72. The van der Waals surface area contributed by atoms with Crippen LogP contribution in [0.2, 0.25) is 0 Å². The number of likely N-dealkylation sites (N-methyl/N-ethyl adjacent to an activating group) is 1. The third-order valence-corrected chi connectivity index (χ3v) is 4.72. The molecule has 0 aliphatic carbocycles. The maximum absolute atomic E-state index is 12.1. The van der Waals surface area contributed by atoms with Gasteiger partial charge in [0.15, 0.2) is 17.0 Å². The molecule has 0 aliphatic rings. The van der Waals surface area contributed by atoms with E-state index in [1.807, 2.05) is 0 Å². The second-order valence-corrected chi connectivity index (χ2v) is 6.41. The van der Waals surface area contributed by atoms with Crippen molar-refractivity contribution in [2.24, 2.45) is 7.05 Å². The lowest BCUT2D eigenvalue weighted by Crippen LogP contribution is -2.29. The number of nitrogens with one attached hydrogen (secondary N) is 1. The van der Waals surface area contributed by atoms with Crippen molar-refractivity contribution in [1.82, 2.24) is 34.1 Å².